The van der Waals surface area contributed by atoms with Crippen LogP contribution in [0.1, 0.15) is 12.5 Å². The number of nitrogens with zero attached hydrogens (tertiary/aromatic N) is 1. The molecule has 4 N–H and O–H groups in total. The molecule has 2 aromatic heterocycles. The fraction of sp³-hybridized carbons (Fsp3) is 0.308. The standard InChI is InChI=1S/C13H17N3O2/c1-9(14)13(18)15-6-4-10-5-8-16-7-2-3-11(17)12(10)16/h2-3,5,7-9,17H,4,6,14H2,1H3,(H,15,18)/t9-/m0/s1. The highest BCUT2D eigenvalue weighted by molar-refractivity contribution is 5.81. The fourth-order valence-corrected chi connectivity index (χ4v) is 1.90. The zero-order valence-corrected chi connectivity index (χ0v) is 10.3. The molecule has 0 spiro atoms. The van der Waals surface area contributed by atoms with Gasteiger partial charge < -0.3 is 20.6 Å². The molecule has 1 atom stereocenters. The highest BCUT2D eigenvalue weighted by atomic mass is 16.3. The quantitative estimate of drug-likeness (QED) is 0.742. The molecule has 0 aliphatic carbocycles. The summed E-state index contributed by atoms with van der Waals surface area (Å²) in [7, 11) is 0. The van der Waals surface area contributed by atoms with Gasteiger partial charge in [0.05, 0.1) is 11.6 Å². The number of aromatic hydroxyl groups is 1. The van der Waals surface area contributed by atoms with Crippen molar-refractivity contribution in [2.45, 2.75) is 19.4 Å². The van der Waals surface area contributed by atoms with Gasteiger partial charge in [0.1, 0.15) is 5.75 Å². The molecule has 5 nitrogen and oxygen atoms in total. The van der Waals surface area contributed by atoms with Crippen molar-refractivity contribution in [3.8, 4) is 5.75 Å². The van der Waals surface area contributed by atoms with Crippen LogP contribution in [0.15, 0.2) is 30.6 Å². The molecule has 2 aromatic rings. The summed E-state index contributed by atoms with van der Waals surface area (Å²) >= 11 is 0. The van der Waals surface area contributed by atoms with Crippen molar-refractivity contribution in [1.29, 1.82) is 0 Å². The first-order valence-corrected chi connectivity index (χ1v) is 5.90. The number of amides is 1. The van der Waals surface area contributed by atoms with Crippen molar-refractivity contribution in [3.63, 3.8) is 0 Å². The summed E-state index contributed by atoms with van der Waals surface area (Å²) in [5.74, 6) is 0.0822. The Labute approximate surface area is 105 Å². The van der Waals surface area contributed by atoms with Crippen LogP contribution >= 0.6 is 0 Å². The molecular weight excluding hydrogens is 230 g/mol. The Kier molecular flexibility index (Phi) is 3.53. The summed E-state index contributed by atoms with van der Waals surface area (Å²) < 4.78 is 1.86. The monoisotopic (exact) mass is 247 g/mol. The highest BCUT2D eigenvalue weighted by Gasteiger charge is 2.09. The minimum atomic E-state index is -0.496. The molecule has 2 heterocycles. The molecule has 96 valence electrons. The lowest BCUT2D eigenvalue weighted by molar-refractivity contribution is -0.121. The van der Waals surface area contributed by atoms with Gasteiger partial charge in [-0.05, 0) is 37.1 Å². The number of carbonyl (C=O) groups is 1. The molecular formula is C13H17N3O2. The normalized spacial score (nSPS) is 12.6. The number of hydrogen-bond donors (Lipinski definition) is 3. The van der Waals surface area contributed by atoms with Crippen molar-refractivity contribution in [1.82, 2.24) is 9.72 Å². The molecule has 2 rings (SSSR count). The maximum Gasteiger partial charge on any atom is 0.236 e. The number of aromatic nitrogens is 1. The van der Waals surface area contributed by atoms with Gasteiger partial charge in [-0.3, -0.25) is 4.79 Å². The number of pyridine rings is 1. The van der Waals surface area contributed by atoms with E-state index in [1.165, 1.54) is 0 Å². The zero-order chi connectivity index (χ0) is 13.1. The number of hydrogen-bond acceptors (Lipinski definition) is 3. The van der Waals surface area contributed by atoms with E-state index in [0.717, 1.165) is 11.1 Å². The van der Waals surface area contributed by atoms with Gasteiger partial charge in [0.15, 0.2) is 0 Å². The number of carbonyl (C=O) groups excluding carboxylic acids is 1. The maximum atomic E-state index is 11.3. The van der Waals surface area contributed by atoms with Crippen molar-refractivity contribution in [2.24, 2.45) is 5.73 Å². The SMILES string of the molecule is C[C@H](N)C(=O)NCCc1ccn2cccc(O)c12. The summed E-state index contributed by atoms with van der Waals surface area (Å²) in [5, 5.41) is 12.6. The fourth-order valence-electron chi connectivity index (χ4n) is 1.90. The lowest BCUT2D eigenvalue weighted by Crippen LogP contribution is -2.39. The smallest absolute Gasteiger partial charge is 0.236 e. The number of rotatable bonds is 4. The molecule has 0 fully saturated rings. The molecule has 0 aliphatic rings. The Morgan fingerprint density at radius 2 is 2.28 bits per heavy atom. The second-order valence-electron chi connectivity index (χ2n) is 4.32. The Bertz CT molecular complexity index is 560. The number of nitrogens with two attached hydrogens (primary N) is 1. The zero-order valence-electron chi connectivity index (χ0n) is 10.3. The van der Waals surface area contributed by atoms with E-state index in [9.17, 15) is 9.90 Å². The molecule has 0 unspecified atom stereocenters. The summed E-state index contributed by atoms with van der Waals surface area (Å²) in [5.41, 5.74) is 7.24. The van der Waals surface area contributed by atoms with E-state index in [-0.39, 0.29) is 11.7 Å². The second kappa shape index (κ2) is 5.10. The van der Waals surface area contributed by atoms with Crippen LogP contribution in [0.2, 0.25) is 0 Å². The molecule has 0 aliphatic heterocycles. The van der Waals surface area contributed by atoms with Gasteiger partial charge in [0.2, 0.25) is 5.91 Å². The Morgan fingerprint density at radius 1 is 1.50 bits per heavy atom. The Hall–Kier alpha value is -2.01. The summed E-state index contributed by atoms with van der Waals surface area (Å²) in [4.78, 5) is 11.3. The van der Waals surface area contributed by atoms with E-state index < -0.39 is 6.04 Å². The predicted octanol–water partition coefficient (Wildman–Crippen LogP) is 0.651. The summed E-state index contributed by atoms with van der Waals surface area (Å²) in [6.07, 6.45) is 4.42. The first kappa shape index (κ1) is 12.4. The van der Waals surface area contributed by atoms with Crippen LogP contribution in [0.3, 0.4) is 0 Å². The van der Waals surface area contributed by atoms with Crippen LogP contribution < -0.4 is 11.1 Å². The van der Waals surface area contributed by atoms with E-state index >= 15 is 0 Å². The molecule has 5 heteroatoms. The van der Waals surface area contributed by atoms with Crippen LogP contribution in [0.25, 0.3) is 5.52 Å². The molecule has 0 saturated carbocycles. The van der Waals surface area contributed by atoms with Crippen LogP contribution in [0.5, 0.6) is 5.75 Å². The average Bonchev–Trinajstić information content (AvgIpc) is 2.73. The minimum Gasteiger partial charge on any atom is -0.506 e. The molecule has 0 radical (unpaired) electrons. The lowest BCUT2D eigenvalue weighted by Gasteiger charge is -2.07. The van der Waals surface area contributed by atoms with Gasteiger partial charge in [-0.2, -0.15) is 0 Å². The van der Waals surface area contributed by atoms with Gasteiger partial charge >= 0.3 is 0 Å². The average molecular weight is 247 g/mol. The third-order valence-electron chi connectivity index (χ3n) is 2.85. The molecule has 0 aromatic carbocycles. The van der Waals surface area contributed by atoms with Crippen molar-refractivity contribution >= 4 is 11.4 Å². The van der Waals surface area contributed by atoms with Crippen molar-refractivity contribution in [3.05, 3.63) is 36.2 Å². The van der Waals surface area contributed by atoms with Gasteiger partial charge in [-0.25, -0.2) is 0 Å². The van der Waals surface area contributed by atoms with Gasteiger partial charge in [0.25, 0.3) is 0 Å². The Morgan fingerprint density at radius 3 is 3.00 bits per heavy atom. The van der Waals surface area contributed by atoms with E-state index in [1.807, 2.05) is 22.9 Å². The molecule has 0 bridgehead atoms. The topological polar surface area (TPSA) is 79.8 Å². The lowest BCUT2D eigenvalue weighted by atomic mass is 10.2. The van der Waals surface area contributed by atoms with Crippen LogP contribution in [0, 0.1) is 0 Å². The third kappa shape index (κ3) is 2.46. The van der Waals surface area contributed by atoms with Crippen molar-refractivity contribution in [2.75, 3.05) is 6.54 Å². The molecule has 18 heavy (non-hydrogen) atoms. The third-order valence-corrected chi connectivity index (χ3v) is 2.85. The van der Waals surface area contributed by atoms with Crippen LogP contribution in [-0.2, 0) is 11.2 Å². The minimum absolute atomic E-state index is 0.164. The predicted molar refractivity (Wildman–Crippen MR) is 69.4 cm³/mol. The number of nitrogens with one attached hydrogen (secondary N) is 1. The summed E-state index contributed by atoms with van der Waals surface area (Å²) in [6, 6.07) is 4.88. The largest absolute Gasteiger partial charge is 0.506 e. The molecule has 1 amide bonds. The van der Waals surface area contributed by atoms with Crippen molar-refractivity contribution < 1.29 is 9.90 Å². The van der Waals surface area contributed by atoms with Gasteiger partial charge in [0, 0.05) is 18.9 Å². The van der Waals surface area contributed by atoms with E-state index in [2.05, 4.69) is 5.32 Å². The first-order chi connectivity index (χ1) is 8.59. The van der Waals surface area contributed by atoms with Crippen LogP contribution in [-0.4, -0.2) is 28.0 Å². The first-order valence-electron chi connectivity index (χ1n) is 5.90. The van der Waals surface area contributed by atoms with Gasteiger partial charge in [-0.1, -0.05) is 0 Å². The van der Waals surface area contributed by atoms with Crippen LogP contribution in [0.4, 0.5) is 0 Å². The molecule has 0 saturated heterocycles. The van der Waals surface area contributed by atoms with E-state index in [4.69, 9.17) is 5.73 Å². The maximum absolute atomic E-state index is 11.3. The van der Waals surface area contributed by atoms with E-state index in [0.29, 0.717) is 13.0 Å². The number of fused-ring (bicyclic) bond motifs is 1. The second-order valence-corrected chi connectivity index (χ2v) is 4.32. The summed E-state index contributed by atoms with van der Waals surface area (Å²) in [6.45, 7) is 2.16. The highest BCUT2D eigenvalue weighted by Crippen LogP contribution is 2.22. The van der Waals surface area contributed by atoms with Gasteiger partial charge in [-0.15, -0.1) is 0 Å². The Balaban J connectivity index is 2.06. The van der Waals surface area contributed by atoms with E-state index in [1.54, 1.807) is 19.1 Å².